The second-order valence-corrected chi connectivity index (χ2v) is 6.35. The Labute approximate surface area is 162 Å². The summed E-state index contributed by atoms with van der Waals surface area (Å²) in [6.07, 6.45) is 1.58. The lowest BCUT2D eigenvalue weighted by molar-refractivity contribution is -0.112. The summed E-state index contributed by atoms with van der Waals surface area (Å²) < 4.78 is 5.39. The van der Waals surface area contributed by atoms with Crippen LogP contribution in [0.2, 0.25) is 5.02 Å². The second kappa shape index (κ2) is 7.94. The summed E-state index contributed by atoms with van der Waals surface area (Å²) in [5.41, 5.74) is 2.10. The fraction of sp³-hybridized carbons (Fsp3) is 0.0909. The van der Waals surface area contributed by atoms with Crippen molar-refractivity contribution in [3.05, 3.63) is 76.3 Å². The molecule has 3 aromatic carbocycles. The fourth-order valence-electron chi connectivity index (χ4n) is 2.84. The van der Waals surface area contributed by atoms with E-state index < -0.39 is 5.91 Å². The van der Waals surface area contributed by atoms with Gasteiger partial charge in [-0.1, -0.05) is 48.0 Å². The van der Waals surface area contributed by atoms with E-state index >= 15 is 0 Å². The molecule has 0 aliphatic rings. The number of amides is 1. The van der Waals surface area contributed by atoms with Crippen molar-refractivity contribution in [2.24, 2.45) is 0 Å². The van der Waals surface area contributed by atoms with Crippen LogP contribution in [0.4, 0.5) is 5.69 Å². The highest BCUT2D eigenvalue weighted by atomic mass is 35.5. The number of benzene rings is 3. The number of anilines is 1. The first-order chi connectivity index (χ1) is 13.0. The molecular formula is C22H17ClN2O2. The van der Waals surface area contributed by atoms with Gasteiger partial charge in [0.2, 0.25) is 0 Å². The molecule has 134 valence electrons. The minimum Gasteiger partial charge on any atom is -0.496 e. The molecule has 0 heterocycles. The molecule has 0 radical (unpaired) electrons. The molecule has 4 nitrogen and oxygen atoms in total. The SMILES string of the molecule is COc1ccc(/C=C(\C#N)C(=O)Nc2cccc(Cl)c2C)c2ccccc12. The monoisotopic (exact) mass is 376 g/mol. The van der Waals surface area contributed by atoms with E-state index in [-0.39, 0.29) is 5.57 Å². The van der Waals surface area contributed by atoms with Gasteiger partial charge < -0.3 is 10.1 Å². The average molecular weight is 377 g/mol. The standard InChI is InChI=1S/C22H17ClN2O2/c1-14-19(23)8-5-9-20(14)25-22(26)16(13-24)12-15-10-11-21(27-2)18-7-4-3-6-17(15)18/h3-12H,1-2H3,(H,25,26)/b16-12+. The number of hydrogen-bond acceptors (Lipinski definition) is 3. The fourth-order valence-corrected chi connectivity index (χ4v) is 3.01. The molecular weight excluding hydrogens is 360 g/mol. The van der Waals surface area contributed by atoms with Gasteiger partial charge in [0.15, 0.2) is 0 Å². The van der Waals surface area contributed by atoms with Crippen molar-refractivity contribution in [3.8, 4) is 11.8 Å². The van der Waals surface area contributed by atoms with E-state index in [9.17, 15) is 10.1 Å². The van der Waals surface area contributed by atoms with Crippen molar-refractivity contribution in [1.29, 1.82) is 5.26 Å². The summed E-state index contributed by atoms with van der Waals surface area (Å²) in [5, 5.41) is 14.6. The number of halogens is 1. The number of nitrogens with zero attached hydrogens (tertiary/aromatic N) is 1. The van der Waals surface area contributed by atoms with E-state index in [0.29, 0.717) is 10.7 Å². The molecule has 0 unspecified atom stereocenters. The van der Waals surface area contributed by atoms with Crippen LogP contribution in [0, 0.1) is 18.3 Å². The van der Waals surface area contributed by atoms with Gasteiger partial charge in [-0.25, -0.2) is 0 Å². The summed E-state index contributed by atoms with van der Waals surface area (Å²) in [7, 11) is 1.61. The topological polar surface area (TPSA) is 62.1 Å². The first-order valence-electron chi connectivity index (χ1n) is 8.29. The Hall–Kier alpha value is -3.29. The second-order valence-electron chi connectivity index (χ2n) is 5.94. The molecule has 0 atom stereocenters. The summed E-state index contributed by atoms with van der Waals surface area (Å²) in [4.78, 5) is 12.6. The number of hydrogen-bond donors (Lipinski definition) is 1. The van der Waals surface area contributed by atoms with Crippen LogP contribution in [-0.2, 0) is 4.79 Å². The largest absolute Gasteiger partial charge is 0.496 e. The van der Waals surface area contributed by atoms with Gasteiger partial charge in [-0.15, -0.1) is 0 Å². The van der Waals surface area contributed by atoms with Gasteiger partial charge in [0.25, 0.3) is 5.91 Å². The van der Waals surface area contributed by atoms with Crippen LogP contribution in [0.15, 0.2) is 60.2 Å². The average Bonchev–Trinajstić information content (AvgIpc) is 2.69. The zero-order valence-corrected chi connectivity index (χ0v) is 15.7. The molecule has 1 amide bonds. The van der Waals surface area contributed by atoms with Crippen LogP contribution >= 0.6 is 11.6 Å². The Kier molecular flexibility index (Phi) is 5.44. The molecule has 0 bridgehead atoms. The van der Waals surface area contributed by atoms with Gasteiger partial charge in [0.1, 0.15) is 17.4 Å². The predicted molar refractivity (Wildman–Crippen MR) is 109 cm³/mol. The van der Waals surface area contributed by atoms with Gasteiger partial charge in [0, 0.05) is 16.1 Å². The van der Waals surface area contributed by atoms with Crippen molar-refractivity contribution >= 4 is 40.0 Å². The molecule has 0 aromatic heterocycles. The molecule has 5 heteroatoms. The van der Waals surface area contributed by atoms with E-state index in [2.05, 4.69) is 5.32 Å². The smallest absolute Gasteiger partial charge is 0.266 e. The Morgan fingerprint density at radius 2 is 1.85 bits per heavy atom. The number of fused-ring (bicyclic) bond motifs is 1. The normalized spacial score (nSPS) is 11.1. The first-order valence-corrected chi connectivity index (χ1v) is 8.67. The van der Waals surface area contributed by atoms with Crippen LogP contribution in [0.1, 0.15) is 11.1 Å². The molecule has 3 rings (SSSR count). The third kappa shape index (κ3) is 3.79. The highest BCUT2D eigenvalue weighted by molar-refractivity contribution is 6.31. The van der Waals surface area contributed by atoms with Gasteiger partial charge >= 0.3 is 0 Å². The van der Waals surface area contributed by atoms with Crippen molar-refractivity contribution in [3.63, 3.8) is 0 Å². The maximum absolute atomic E-state index is 12.6. The van der Waals surface area contributed by atoms with E-state index in [4.69, 9.17) is 16.3 Å². The van der Waals surface area contributed by atoms with Crippen LogP contribution in [0.5, 0.6) is 5.75 Å². The van der Waals surface area contributed by atoms with Crippen molar-refractivity contribution in [2.75, 3.05) is 12.4 Å². The van der Waals surface area contributed by atoms with Crippen molar-refractivity contribution in [1.82, 2.24) is 0 Å². The van der Waals surface area contributed by atoms with Crippen LogP contribution < -0.4 is 10.1 Å². The highest BCUT2D eigenvalue weighted by Gasteiger charge is 2.13. The maximum atomic E-state index is 12.6. The lowest BCUT2D eigenvalue weighted by Crippen LogP contribution is -2.14. The summed E-state index contributed by atoms with van der Waals surface area (Å²) in [6.45, 7) is 1.81. The van der Waals surface area contributed by atoms with Crippen LogP contribution in [0.3, 0.4) is 0 Å². The molecule has 0 aliphatic heterocycles. The Morgan fingerprint density at radius 1 is 1.11 bits per heavy atom. The Morgan fingerprint density at radius 3 is 2.56 bits per heavy atom. The maximum Gasteiger partial charge on any atom is 0.266 e. The Balaban J connectivity index is 2.00. The number of methoxy groups -OCH3 is 1. The quantitative estimate of drug-likeness (QED) is 0.492. The predicted octanol–water partition coefficient (Wildman–Crippen LogP) is 5.36. The third-order valence-electron chi connectivity index (χ3n) is 4.32. The lowest BCUT2D eigenvalue weighted by atomic mass is 10.0. The summed E-state index contributed by atoms with van der Waals surface area (Å²) >= 11 is 6.09. The van der Waals surface area contributed by atoms with E-state index in [1.165, 1.54) is 0 Å². The molecule has 27 heavy (non-hydrogen) atoms. The van der Waals surface area contributed by atoms with Crippen LogP contribution in [-0.4, -0.2) is 13.0 Å². The van der Waals surface area contributed by atoms with E-state index in [0.717, 1.165) is 27.6 Å². The molecule has 0 saturated carbocycles. The molecule has 3 aromatic rings. The minimum absolute atomic E-state index is 0.00435. The van der Waals surface area contributed by atoms with Gasteiger partial charge in [-0.3, -0.25) is 4.79 Å². The first kappa shape index (κ1) is 18.5. The number of ether oxygens (including phenoxy) is 1. The number of nitrogens with one attached hydrogen (secondary N) is 1. The van der Waals surface area contributed by atoms with Gasteiger partial charge in [-0.2, -0.15) is 5.26 Å². The molecule has 0 spiro atoms. The van der Waals surface area contributed by atoms with Crippen molar-refractivity contribution < 1.29 is 9.53 Å². The molecule has 0 aliphatic carbocycles. The summed E-state index contributed by atoms with van der Waals surface area (Å²) in [5.74, 6) is 0.253. The number of rotatable bonds is 4. The number of carbonyl (C=O) groups is 1. The molecule has 1 N–H and O–H groups in total. The van der Waals surface area contributed by atoms with E-state index in [1.807, 2.05) is 49.4 Å². The van der Waals surface area contributed by atoms with Gasteiger partial charge in [0.05, 0.1) is 7.11 Å². The number of nitriles is 1. The van der Waals surface area contributed by atoms with Crippen LogP contribution in [0.25, 0.3) is 16.8 Å². The zero-order valence-electron chi connectivity index (χ0n) is 14.9. The summed E-state index contributed by atoms with van der Waals surface area (Å²) in [6, 6.07) is 18.6. The van der Waals surface area contributed by atoms with Gasteiger partial charge in [-0.05, 0) is 47.7 Å². The minimum atomic E-state index is -0.484. The Bertz CT molecular complexity index is 1100. The molecule has 0 saturated heterocycles. The lowest BCUT2D eigenvalue weighted by Gasteiger charge is -2.10. The van der Waals surface area contributed by atoms with E-state index in [1.54, 1.807) is 31.4 Å². The van der Waals surface area contributed by atoms with Crippen molar-refractivity contribution in [2.45, 2.75) is 6.92 Å². The zero-order chi connectivity index (χ0) is 19.4. The molecule has 0 fully saturated rings. The number of carbonyl (C=O) groups excluding carboxylic acids is 1. The third-order valence-corrected chi connectivity index (χ3v) is 4.73. The highest BCUT2D eigenvalue weighted by Crippen LogP contribution is 2.30.